The van der Waals surface area contributed by atoms with Crippen LogP contribution < -0.4 is 15.8 Å². The molecule has 5 heteroatoms. The van der Waals surface area contributed by atoms with E-state index in [1.165, 1.54) is 0 Å². The highest BCUT2D eigenvalue weighted by atomic mass is 32.2. The van der Waals surface area contributed by atoms with E-state index in [4.69, 9.17) is 10.5 Å². The van der Waals surface area contributed by atoms with Gasteiger partial charge in [-0.05, 0) is 54.7 Å². The minimum absolute atomic E-state index is 0.145. The van der Waals surface area contributed by atoms with Crippen LogP contribution >= 0.6 is 11.8 Å². The minimum atomic E-state index is -0.485. The van der Waals surface area contributed by atoms with Gasteiger partial charge in [0.15, 0.2) is 0 Å². The molecule has 0 radical (unpaired) electrons. The van der Waals surface area contributed by atoms with Crippen molar-refractivity contribution in [2.24, 2.45) is 5.73 Å². The van der Waals surface area contributed by atoms with Gasteiger partial charge in [0, 0.05) is 5.69 Å². The van der Waals surface area contributed by atoms with Crippen LogP contribution in [0.2, 0.25) is 0 Å². The van der Waals surface area contributed by atoms with Crippen molar-refractivity contribution < 1.29 is 9.53 Å². The Morgan fingerprint density at radius 1 is 1.21 bits per heavy atom. The Bertz CT molecular complexity index is 662. The first-order valence-corrected chi connectivity index (χ1v) is 9.33. The van der Waals surface area contributed by atoms with Gasteiger partial charge < -0.3 is 15.8 Å². The van der Waals surface area contributed by atoms with Crippen molar-refractivity contribution in [2.45, 2.75) is 26.0 Å². The molecule has 0 spiro atoms. The summed E-state index contributed by atoms with van der Waals surface area (Å²) in [5, 5.41) is 2.93. The van der Waals surface area contributed by atoms with E-state index < -0.39 is 6.04 Å². The van der Waals surface area contributed by atoms with Crippen molar-refractivity contribution in [3.05, 3.63) is 59.7 Å². The summed E-state index contributed by atoms with van der Waals surface area (Å²) >= 11 is 1.69. The van der Waals surface area contributed by atoms with Crippen molar-refractivity contribution in [3.63, 3.8) is 0 Å². The number of rotatable bonds is 8. The highest BCUT2D eigenvalue weighted by Crippen LogP contribution is 2.21. The molecule has 24 heavy (non-hydrogen) atoms. The van der Waals surface area contributed by atoms with E-state index in [0.29, 0.717) is 13.0 Å². The third-order valence-corrected chi connectivity index (χ3v) is 4.46. The molecule has 0 aliphatic carbocycles. The number of anilines is 1. The first kappa shape index (κ1) is 18.4. The first-order valence-electron chi connectivity index (χ1n) is 7.93. The molecular weight excluding hydrogens is 320 g/mol. The number of amides is 1. The molecule has 0 bridgehead atoms. The van der Waals surface area contributed by atoms with Crippen LogP contribution in [0.1, 0.15) is 17.5 Å². The lowest BCUT2D eigenvalue weighted by molar-refractivity contribution is -0.117. The summed E-state index contributed by atoms with van der Waals surface area (Å²) in [6.45, 7) is 2.44. The van der Waals surface area contributed by atoms with Gasteiger partial charge in [-0.2, -0.15) is 11.8 Å². The van der Waals surface area contributed by atoms with Crippen LogP contribution in [0.5, 0.6) is 5.75 Å². The number of nitrogens with two attached hydrogens (primary N) is 1. The van der Waals surface area contributed by atoms with Gasteiger partial charge in [0.05, 0.1) is 6.04 Å². The number of carbonyl (C=O) groups is 1. The Kier molecular flexibility index (Phi) is 7.15. The van der Waals surface area contributed by atoms with Gasteiger partial charge in [0.25, 0.3) is 0 Å². The van der Waals surface area contributed by atoms with Gasteiger partial charge in [0.2, 0.25) is 5.91 Å². The number of hydrogen-bond acceptors (Lipinski definition) is 4. The summed E-state index contributed by atoms with van der Waals surface area (Å²) in [7, 11) is 0. The Hall–Kier alpha value is -1.98. The monoisotopic (exact) mass is 344 g/mol. The van der Waals surface area contributed by atoms with Crippen LogP contribution in [-0.2, 0) is 11.4 Å². The number of ether oxygens (including phenoxy) is 1. The van der Waals surface area contributed by atoms with E-state index in [2.05, 4.69) is 5.32 Å². The maximum absolute atomic E-state index is 12.2. The number of hydrogen-bond donors (Lipinski definition) is 2. The molecule has 0 unspecified atom stereocenters. The molecule has 1 amide bonds. The molecule has 0 saturated carbocycles. The van der Waals surface area contributed by atoms with Gasteiger partial charge in [0.1, 0.15) is 12.4 Å². The second-order valence-electron chi connectivity index (χ2n) is 5.57. The maximum Gasteiger partial charge on any atom is 0.241 e. The Balaban J connectivity index is 2.00. The highest BCUT2D eigenvalue weighted by Gasteiger charge is 2.14. The fourth-order valence-electron chi connectivity index (χ4n) is 2.25. The molecule has 2 aromatic rings. The quantitative estimate of drug-likeness (QED) is 0.768. The SMILES string of the molecule is CSCC[C@H](N)C(=O)Nc1cccc(COc2ccccc2)c1C. The lowest BCUT2D eigenvalue weighted by Gasteiger charge is -2.16. The van der Waals surface area contributed by atoms with Gasteiger partial charge in [-0.3, -0.25) is 4.79 Å². The van der Waals surface area contributed by atoms with Crippen molar-refractivity contribution >= 4 is 23.4 Å². The van der Waals surface area contributed by atoms with E-state index in [1.807, 2.05) is 61.7 Å². The second kappa shape index (κ2) is 9.35. The molecule has 1 atom stereocenters. The maximum atomic E-state index is 12.2. The topological polar surface area (TPSA) is 64.4 Å². The summed E-state index contributed by atoms with van der Waals surface area (Å²) in [5.41, 5.74) is 8.75. The molecule has 2 rings (SSSR count). The van der Waals surface area contributed by atoms with Gasteiger partial charge in [-0.1, -0.05) is 30.3 Å². The van der Waals surface area contributed by atoms with Crippen LogP contribution in [0.25, 0.3) is 0 Å². The lowest BCUT2D eigenvalue weighted by atomic mass is 10.1. The number of para-hydroxylation sites is 1. The molecule has 0 aromatic heterocycles. The zero-order valence-corrected chi connectivity index (χ0v) is 14.9. The molecule has 2 aromatic carbocycles. The molecule has 0 saturated heterocycles. The summed E-state index contributed by atoms with van der Waals surface area (Å²) < 4.78 is 5.79. The van der Waals surface area contributed by atoms with Crippen LogP contribution in [0, 0.1) is 6.92 Å². The summed E-state index contributed by atoms with van der Waals surface area (Å²) in [5.74, 6) is 1.55. The molecule has 0 fully saturated rings. The third kappa shape index (κ3) is 5.28. The van der Waals surface area contributed by atoms with Crippen LogP contribution in [0.3, 0.4) is 0 Å². The molecule has 3 N–H and O–H groups in total. The Labute approximate surface area is 147 Å². The third-order valence-electron chi connectivity index (χ3n) is 3.81. The number of thioether (sulfide) groups is 1. The average Bonchev–Trinajstić information content (AvgIpc) is 2.61. The molecule has 0 aliphatic heterocycles. The molecular formula is C19H24N2O2S. The van der Waals surface area contributed by atoms with Crippen LogP contribution in [0.15, 0.2) is 48.5 Å². The number of benzene rings is 2. The van der Waals surface area contributed by atoms with Crippen LogP contribution in [-0.4, -0.2) is 24.0 Å². The number of carbonyl (C=O) groups excluding carboxylic acids is 1. The molecule has 128 valence electrons. The van der Waals surface area contributed by atoms with E-state index in [9.17, 15) is 4.79 Å². The van der Waals surface area contributed by atoms with Crippen molar-refractivity contribution in [1.29, 1.82) is 0 Å². The summed E-state index contributed by atoms with van der Waals surface area (Å²) in [6.07, 6.45) is 2.67. The fourth-order valence-corrected chi connectivity index (χ4v) is 2.74. The summed E-state index contributed by atoms with van der Waals surface area (Å²) in [6, 6.07) is 15.0. The minimum Gasteiger partial charge on any atom is -0.489 e. The van der Waals surface area contributed by atoms with E-state index in [0.717, 1.165) is 28.3 Å². The predicted molar refractivity (Wildman–Crippen MR) is 102 cm³/mol. The van der Waals surface area contributed by atoms with Crippen molar-refractivity contribution in [3.8, 4) is 5.75 Å². The molecule has 4 nitrogen and oxygen atoms in total. The van der Waals surface area contributed by atoms with Gasteiger partial charge in [-0.15, -0.1) is 0 Å². The Morgan fingerprint density at radius 3 is 2.67 bits per heavy atom. The zero-order chi connectivity index (χ0) is 17.4. The fraction of sp³-hybridized carbons (Fsp3) is 0.316. The van der Waals surface area contributed by atoms with Crippen LogP contribution in [0.4, 0.5) is 5.69 Å². The first-order chi connectivity index (χ1) is 11.6. The smallest absolute Gasteiger partial charge is 0.241 e. The standard InChI is InChI=1S/C19H24N2O2S/c1-14-15(13-23-16-8-4-3-5-9-16)7-6-10-18(14)21-19(22)17(20)11-12-24-2/h3-10,17H,11-13,20H2,1-2H3,(H,21,22)/t17-/m0/s1. The number of nitrogens with one attached hydrogen (secondary N) is 1. The predicted octanol–water partition coefficient (Wildman–Crippen LogP) is 3.59. The molecule has 0 heterocycles. The van der Waals surface area contributed by atoms with Gasteiger partial charge >= 0.3 is 0 Å². The Morgan fingerprint density at radius 2 is 1.96 bits per heavy atom. The largest absolute Gasteiger partial charge is 0.489 e. The van der Waals surface area contributed by atoms with Crippen molar-refractivity contribution in [2.75, 3.05) is 17.3 Å². The van der Waals surface area contributed by atoms with E-state index in [1.54, 1.807) is 11.8 Å². The average molecular weight is 344 g/mol. The summed E-state index contributed by atoms with van der Waals surface area (Å²) in [4.78, 5) is 12.2. The van der Waals surface area contributed by atoms with E-state index in [-0.39, 0.29) is 5.91 Å². The highest BCUT2D eigenvalue weighted by molar-refractivity contribution is 7.98. The normalized spacial score (nSPS) is 11.8. The molecule has 0 aliphatic rings. The second-order valence-corrected chi connectivity index (χ2v) is 6.55. The van der Waals surface area contributed by atoms with Gasteiger partial charge in [-0.25, -0.2) is 0 Å². The van der Waals surface area contributed by atoms with E-state index >= 15 is 0 Å². The van der Waals surface area contributed by atoms with Crippen molar-refractivity contribution in [1.82, 2.24) is 0 Å². The zero-order valence-electron chi connectivity index (χ0n) is 14.1. The lowest BCUT2D eigenvalue weighted by Crippen LogP contribution is -2.36.